The first-order chi connectivity index (χ1) is 4.41. The molecule has 0 rings (SSSR count). The molecule has 0 bridgehead atoms. The molecule has 2 N–H and O–H groups in total. The Kier molecular flexibility index (Phi) is 29.8. The molecule has 0 spiro atoms. The molecule has 68 valence electrons. The second kappa shape index (κ2) is 17.7. The van der Waals surface area contributed by atoms with Gasteiger partial charge in [-0.3, -0.25) is 0 Å². The summed E-state index contributed by atoms with van der Waals surface area (Å²) in [6.07, 6.45) is 4.07. The van der Waals surface area contributed by atoms with Crippen molar-refractivity contribution in [2.45, 2.75) is 35.1 Å². The zero-order valence-corrected chi connectivity index (χ0v) is 13.1. The molecule has 0 amide bonds. The number of hydrogen-bond acceptors (Lipinski definition) is 1. The van der Waals surface area contributed by atoms with Gasteiger partial charge in [-0.2, -0.15) is 0 Å². The molecular weight excluding hydrogens is 377 g/mol. The molecule has 0 radical (unpaired) electrons. The molecule has 0 atom stereocenters. The van der Waals surface area contributed by atoms with Crippen LogP contribution in [0.1, 0.15) is 26.2 Å². The molecule has 11 heavy (non-hydrogen) atoms. The Labute approximate surface area is 102 Å². The maximum Gasteiger partial charge on any atom is -1.00 e. The van der Waals surface area contributed by atoms with Gasteiger partial charge in [0.1, 0.15) is 0 Å². The van der Waals surface area contributed by atoms with Crippen molar-refractivity contribution in [3.05, 3.63) is 0 Å². The topological polar surface area (TPSA) is 26.0 Å². The van der Waals surface area contributed by atoms with Crippen molar-refractivity contribution >= 4 is 21.1 Å². The first kappa shape index (κ1) is 18.5. The standard InChI is InChI=1S/C5H12N.C2H5.2BrH.Sn/c1-2-3-4-5-6;1-2;;;/h1-6H2;1H2,2H3;2*1H;/q;;;;+2/p-2. The summed E-state index contributed by atoms with van der Waals surface area (Å²) in [4.78, 5) is 0. The van der Waals surface area contributed by atoms with Crippen LogP contribution in [0.25, 0.3) is 0 Å². The average Bonchev–Trinajstić information content (AvgIpc) is 1.89. The number of unbranched alkanes of at least 4 members (excludes halogenated alkanes) is 2. The monoisotopic (exact) mass is 393 g/mol. The van der Waals surface area contributed by atoms with Gasteiger partial charge in [0.2, 0.25) is 0 Å². The molecule has 0 saturated heterocycles. The van der Waals surface area contributed by atoms with Crippen molar-refractivity contribution in [1.29, 1.82) is 0 Å². The van der Waals surface area contributed by atoms with E-state index in [9.17, 15) is 0 Å². The zero-order chi connectivity index (χ0) is 6.95. The molecule has 0 aromatic carbocycles. The van der Waals surface area contributed by atoms with E-state index in [1.54, 1.807) is 4.44 Å². The third kappa shape index (κ3) is 18.6. The van der Waals surface area contributed by atoms with E-state index in [1.807, 2.05) is 0 Å². The predicted octanol–water partition coefficient (Wildman–Crippen LogP) is -4.32. The fourth-order valence-corrected chi connectivity index (χ4v) is 3.18. The van der Waals surface area contributed by atoms with Crippen LogP contribution in [0.4, 0.5) is 0 Å². The second-order valence-corrected chi connectivity index (χ2v) is 7.08. The minimum atomic E-state index is 0. The number of hydrogen-bond donors (Lipinski definition) is 1. The van der Waals surface area contributed by atoms with Crippen molar-refractivity contribution in [2.75, 3.05) is 6.54 Å². The Morgan fingerprint density at radius 2 is 1.73 bits per heavy atom. The van der Waals surface area contributed by atoms with Gasteiger partial charge in [0.15, 0.2) is 0 Å². The van der Waals surface area contributed by atoms with Crippen LogP contribution in [0, 0.1) is 0 Å². The van der Waals surface area contributed by atoms with E-state index >= 15 is 0 Å². The molecule has 0 heterocycles. The summed E-state index contributed by atoms with van der Waals surface area (Å²) >= 11 is 0.120. The van der Waals surface area contributed by atoms with Gasteiger partial charge in [0.05, 0.1) is 0 Å². The van der Waals surface area contributed by atoms with Gasteiger partial charge < -0.3 is 34.0 Å². The number of nitrogens with two attached hydrogens (primary N) is 1. The van der Waals surface area contributed by atoms with E-state index in [4.69, 9.17) is 5.73 Å². The van der Waals surface area contributed by atoms with E-state index < -0.39 is 0 Å². The Morgan fingerprint density at radius 1 is 1.09 bits per heavy atom. The summed E-state index contributed by atoms with van der Waals surface area (Å²) in [5.41, 5.74) is 5.36. The van der Waals surface area contributed by atoms with Crippen molar-refractivity contribution in [3.8, 4) is 0 Å². The van der Waals surface area contributed by atoms with Crippen LogP contribution in [-0.2, 0) is 0 Å². The maximum atomic E-state index is 5.36. The normalized spacial score (nSPS) is 7.45. The van der Waals surface area contributed by atoms with E-state index in [1.165, 1.54) is 23.7 Å². The zero-order valence-electron chi connectivity index (χ0n) is 7.08. The summed E-state index contributed by atoms with van der Waals surface area (Å²) < 4.78 is 3.08. The molecular formula is C7H17Br2NSn. The molecule has 0 unspecified atom stereocenters. The van der Waals surface area contributed by atoms with Gasteiger partial charge in [-0.25, -0.2) is 0 Å². The van der Waals surface area contributed by atoms with Crippen LogP contribution in [0.2, 0.25) is 8.87 Å². The molecule has 0 saturated carbocycles. The van der Waals surface area contributed by atoms with Crippen molar-refractivity contribution in [3.63, 3.8) is 0 Å². The minimum absolute atomic E-state index is 0. The number of rotatable bonds is 6. The maximum absolute atomic E-state index is 5.36. The van der Waals surface area contributed by atoms with E-state index in [-0.39, 0.29) is 55.1 Å². The quantitative estimate of drug-likeness (QED) is 0.359. The fourth-order valence-electron chi connectivity index (χ4n) is 0.748. The summed E-state index contributed by atoms with van der Waals surface area (Å²) in [6.45, 7) is 3.20. The average molecular weight is 394 g/mol. The molecule has 0 aromatic rings. The third-order valence-electron chi connectivity index (χ3n) is 1.31. The minimum Gasteiger partial charge on any atom is -1.00 e. The summed E-state index contributed by atoms with van der Waals surface area (Å²) in [6, 6.07) is 0. The van der Waals surface area contributed by atoms with Crippen molar-refractivity contribution in [2.24, 2.45) is 5.73 Å². The molecule has 1 nitrogen and oxygen atoms in total. The summed E-state index contributed by atoms with van der Waals surface area (Å²) in [7, 11) is 0. The molecule has 4 heteroatoms. The number of halogens is 2. The van der Waals surface area contributed by atoms with Crippen LogP contribution < -0.4 is 39.7 Å². The second-order valence-electron chi connectivity index (χ2n) is 2.20. The largest absolute Gasteiger partial charge is 1.00 e. The Balaban J connectivity index is -0.000000320. The van der Waals surface area contributed by atoms with Gasteiger partial charge in [-0.1, -0.05) is 0 Å². The Morgan fingerprint density at radius 3 is 2.18 bits per heavy atom. The van der Waals surface area contributed by atoms with E-state index in [0.29, 0.717) is 0 Å². The van der Waals surface area contributed by atoms with Gasteiger partial charge in [-0.15, -0.1) is 0 Å². The Hall–Kier alpha value is 1.72. The third-order valence-corrected chi connectivity index (χ3v) is 4.75. The van der Waals surface area contributed by atoms with Gasteiger partial charge in [0, 0.05) is 0 Å². The molecule has 0 aliphatic carbocycles. The first-order valence-electron chi connectivity index (χ1n) is 3.82. The summed E-state index contributed by atoms with van der Waals surface area (Å²) in [5.74, 6) is 0. The van der Waals surface area contributed by atoms with E-state index in [0.717, 1.165) is 6.54 Å². The summed E-state index contributed by atoms with van der Waals surface area (Å²) in [5, 5.41) is 0. The first-order valence-corrected chi connectivity index (χ1v) is 7.86. The van der Waals surface area contributed by atoms with Crippen molar-refractivity contribution in [1.82, 2.24) is 0 Å². The fraction of sp³-hybridized carbons (Fsp3) is 1.00. The van der Waals surface area contributed by atoms with Crippen LogP contribution in [-0.4, -0.2) is 27.7 Å². The van der Waals surface area contributed by atoms with Gasteiger partial charge >= 0.3 is 68.5 Å². The van der Waals surface area contributed by atoms with Crippen LogP contribution >= 0.6 is 0 Å². The van der Waals surface area contributed by atoms with Crippen LogP contribution in [0.3, 0.4) is 0 Å². The molecule has 0 aliphatic heterocycles. The molecule has 0 fully saturated rings. The molecule has 0 aromatic heterocycles. The SMILES string of the molecule is C[CH2][Sn+2][CH2]CCCCN.[Br-].[Br-]. The van der Waals surface area contributed by atoms with Gasteiger partial charge in [-0.05, 0) is 0 Å². The molecule has 0 aliphatic rings. The predicted molar refractivity (Wildman–Crippen MR) is 43.9 cm³/mol. The Bertz CT molecular complexity index is 49.7. The van der Waals surface area contributed by atoms with Crippen molar-refractivity contribution < 1.29 is 34.0 Å². The smallest absolute Gasteiger partial charge is 1.00 e. The van der Waals surface area contributed by atoms with E-state index in [2.05, 4.69) is 6.92 Å². The van der Waals surface area contributed by atoms with Crippen LogP contribution in [0.15, 0.2) is 0 Å². The van der Waals surface area contributed by atoms with Gasteiger partial charge in [0.25, 0.3) is 0 Å². The van der Waals surface area contributed by atoms with Crippen LogP contribution in [0.5, 0.6) is 0 Å².